The highest BCUT2D eigenvalue weighted by Gasteiger charge is 2.34. The lowest BCUT2D eigenvalue weighted by atomic mass is 9.82. The maximum absolute atomic E-state index is 14.1. The molecule has 1 heterocycles. The van der Waals surface area contributed by atoms with Gasteiger partial charge in [0.25, 0.3) is 5.91 Å². The monoisotopic (exact) mass is 528 g/mol. The Balaban J connectivity index is 1.90. The van der Waals surface area contributed by atoms with Crippen molar-refractivity contribution >= 4 is 28.7 Å². The molecule has 0 spiro atoms. The van der Waals surface area contributed by atoms with Crippen molar-refractivity contribution in [2.75, 3.05) is 18.4 Å². The number of amides is 1. The van der Waals surface area contributed by atoms with Gasteiger partial charge in [0, 0.05) is 30.0 Å². The van der Waals surface area contributed by atoms with E-state index in [0.29, 0.717) is 24.4 Å². The third-order valence-corrected chi connectivity index (χ3v) is 6.70. The number of para-hydroxylation sites is 1. The van der Waals surface area contributed by atoms with Crippen LogP contribution >= 0.6 is 0 Å². The van der Waals surface area contributed by atoms with Crippen molar-refractivity contribution in [3.05, 3.63) is 113 Å². The lowest BCUT2D eigenvalue weighted by molar-refractivity contribution is -0.139. The zero-order valence-corrected chi connectivity index (χ0v) is 22.1. The van der Waals surface area contributed by atoms with Crippen LogP contribution in [0.3, 0.4) is 0 Å². The van der Waals surface area contributed by atoms with Gasteiger partial charge in [-0.1, -0.05) is 74.5 Å². The second-order valence-corrected chi connectivity index (χ2v) is 9.92. The number of aliphatic hydroxyl groups is 1. The Bertz CT molecular complexity index is 1370. The van der Waals surface area contributed by atoms with E-state index in [2.05, 4.69) is 5.32 Å². The minimum absolute atomic E-state index is 0.0633. The van der Waals surface area contributed by atoms with Gasteiger partial charge in [-0.15, -0.1) is 0 Å². The molecule has 1 aliphatic heterocycles. The molecule has 0 saturated heterocycles. The van der Waals surface area contributed by atoms with Crippen molar-refractivity contribution in [1.82, 2.24) is 4.90 Å². The van der Waals surface area contributed by atoms with E-state index in [1.165, 1.54) is 12.1 Å². The predicted octanol–water partition coefficient (Wildman–Crippen LogP) is 5.83. The second-order valence-electron chi connectivity index (χ2n) is 9.92. The maximum Gasteiger partial charge on any atom is 0.305 e. The van der Waals surface area contributed by atoms with Gasteiger partial charge in [0.05, 0.1) is 18.1 Å². The van der Waals surface area contributed by atoms with E-state index in [9.17, 15) is 19.1 Å². The zero-order chi connectivity index (χ0) is 27.9. The maximum atomic E-state index is 14.1. The van der Waals surface area contributed by atoms with Crippen molar-refractivity contribution in [3.8, 4) is 0 Å². The lowest BCUT2D eigenvalue weighted by Gasteiger charge is -2.39. The normalized spacial score (nSPS) is 14.5. The summed E-state index contributed by atoms with van der Waals surface area (Å²) in [7, 11) is 0. The molecule has 1 unspecified atom stereocenters. The standard InChI is InChI=1S/C32H33FN2O4/c1-21(2)31-30(32(39)34-25-11-7-4-8-12-25)29(23-9-5-3-6-10-23)27(22-13-15-24(33)16-14-22)20-35(31)18-17-26(36)19-28(37)38/h3-16,21,26,36H,17-20H2,1-2H3,(H,34,39)(H,37,38). The van der Waals surface area contributed by atoms with E-state index in [4.69, 9.17) is 5.11 Å². The molecular weight excluding hydrogens is 495 g/mol. The van der Waals surface area contributed by atoms with Gasteiger partial charge in [-0.05, 0) is 53.3 Å². The number of halogens is 1. The minimum Gasteiger partial charge on any atom is -0.481 e. The number of rotatable bonds is 10. The largest absolute Gasteiger partial charge is 0.481 e. The van der Waals surface area contributed by atoms with Gasteiger partial charge in [0.15, 0.2) is 0 Å². The summed E-state index contributed by atoms with van der Waals surface area (Å²) < 4.78 is 13.9. The minimum atomic E-state index is -1.07. The van der Waals surface area contributed by atoms with Crippen LogP contribution in [0, 0.1) is 11.7 Å². The SMILES string of the molecule is CC(C)C1=C(C(=O)Nc2ccccc2)C(c2ccccc2)=C(c2ccc(F)cc2)CN1CCC(O)CC(=O)O. The number of carbonyl (C=O) groups excluding carboxylic acids is 1. The lowest BCUT2D eigenvalue weighted by Crippen LogP contribution is -2.37. The first-order valence-corrected chi connectivity index (χ1v) is 13.0. The van der Waals surface area contributed by atoms with Gasteiger partial charge < -0.3 is 20.4 Å². The number of carboxylic acids is 1. The van der Waals surface area contributed by atoms with Gasteiger partial charge in [-0.2, -0.15) is 0 Å². The molecule has 39 heavy (non-hydrogen) atoms. The third kappa shape index (κ3) is 6.81. The molecule has 0 bridgehead atoms. The van der Waals surface area contributed by atoms with Crippen molar-refractivity contribution in [2.24, 2.45) is 5.92 Å². The van der Waals surface area contributed by atoms with E-state index in [0.717, 1.165) is 28.0 Å². The van der Waals surface area contributed by atoms with Gasteiger partial charge in [0.2, 0.25) is 0 Å². The number of hydrogen-bond donors (Lipinski definition) is 3. The Kier molecular flexibility index (Phi) is 8.94. The highest BCUT2D eigenvalue weighted by Crippen LogP contribution is 2.42. The summed E-state index contributed by atoms with van der Waals surface area (Å²) in [5.41, 5.74) is 5.20. The molecule has 3 aromatic carbocycles. The summed E-state index contributed by atoms with van der Waals surface area (Å²) in [5, 5.41) is 22.5. The number of nitrogens with one attached hydrogen (secondary N) is 1. The van der Waals surface area contributed by atoms with Crippen LogP contribution in [-0.4, -0.2) is 46.2 Å². The first kappa shape index (κ1) is 27.8. The number of nitrogens with zero attached hydrogens (tertiary/aromatic N) is 1. The summed E-state index contributed by atoms with van der Waals surface area (Å²) in [6.45, 7) is 4.77. The molecular formula is C32H33FN2O4. The predicted molar refractivity (Wildman–Crippen MR) is 151 cm³/mol. The van der Waals surface area contributed by atoms with E-state index in [1.54, 1.807) is 12.1 Å². The number of aliphatic carboxylic acids is 1. The van der Waals surface area contributed by atoms with Crippen LogP contribution in [0.25, 0.3) is 11.1 Å². The van der Waals surface area contributed by atoms with Crippen LogP contribution in [0.1, 0.15) is 37.8 Å². The number of carbonyl (C=O) groups is 2. The van der Waals surface area contributed by atoms with Crippen LogP contribution < -0.4 is 5.32 Å². The fraction of sp³-hybridized carbons (Fsp3) is 0.250. The number of hydrogen-bond acceptors (Lipinski definition) is 4. The van der Waals surface area contributed by atoms with Crippen molar-refractivity contribution in [2.45, 2.75) is 32.8 Å². The highest BCUT2D eigenvalue weighted by molar-refractivity contribution is 6.20. The number of aliphatic hydroxyl groups excluding tert-OH is 1. The van der Waals surface area contributed by atoms with E-state index < -0.39 is 12.1 Å². The summed E-state index contributed by atoms with van der Waals surface area (Å²) in [6, 6.07) is 25.1. The molecule has 3 aromatic rings. The summed E-state index contributed by atoms with van der Waals surface area (Å²) in [5.74, 6) is -1.77. The number of benzene rings is 3. The third-order valence-electron chi connectivity index (χ3n) is 6.70. The highest BCUT2D eigenvalue weighted by atomic mass is 19.1. The number of anilines is 1. The smallest absolute Gasteiger partial charge is 0.305 e. The second kappa shape index (κ2) is 12.5. The van der Waals surface area contributed by atoms with E-state index in [1.807, 2.05) is 79.4 Å². The Morgan fingerprint density at radius 2 is 1.54 bits per heavy atom. The average molecular weight is 529 g/mol. The van der Waals surface area contributed by atoms with Gasteiger partial charge in [-0.25, -0.2) is 4.39 Å². The van der Waals surface area contributed by atoms with Crippen molar-refractivity contribution in [1.29, 1.82) is 0 Å². The summed E-state index contributed by atoms with van der Waals surface area (Å²) in [6.07, 6.45) is -1.16. The first-order chi connectivity index (χ1) is 18.7. The zero-order valence-electron chi connectivity index (χ0n) is 22.1. The van der Waals surface area contributed by atoms with Crippen LogP contribution in [-0.2, 0) is 9.59 Å². The Morgan fingerprint density at radius 3 is 2.13 bits per heavy atom. The van der Waals surface area contributed by atoms with Crippen LogP contribution in [0.5, 0.6) is 0 Å². The van der Waals surface area contributed by atoms with Gasteiger partial charge >= 0.3 is 5.97 Å². The van der Waals surface area contributed by atoms with Gasteiger partial charge in [0.1, 0.15) is 5.82 Å². The molecule has 0 fully saturated rings. The van der Waals surface area contributed by atoms with E-state index in [-0.39, 0.29) is 30.5 Å². The molecule has 7 heteroatoms. The van der Waals surface area contributed by atoms with Crippen molar-refractivity contribution < 1.29 is 24.2 Å². The molecule has 0 aromatic heterocycles. The molecule has 0 saturated carbocycles. The molecule has 1 aliphatic rings. The molecule has 202 valence electrons. The fourth-order valence-corrected chi connectivity index (χ4v) is 5.01. The quantitative estimate of drug-likeness (QED) is 0.308. The Labute approximate surface area is 228 Å². The molecule has 1 atom stereocenters. The molecule has 0 radical (unpaired) electrons. The fourth-order valence-electron chi connectivity index (χ4n) is 5.01. The number of allylic oxidation sites excluding steroid dienone is 1. The van der Waals surface area contributed by atoms with Crippen LogP contribution in [0.2, 0.25) is 0 Å². The van der Waals surface area contributed by atoms with Crippen molar-refractivity contribution in [3.63, 3.8) is 0 Å². The topological polar surface area (TPSA) is 89.9 Å². The molecule has 3 N–H and O–H groups in total. The number of carboxylic acid groups (broad SMARTS) is 1. The first-order valence-electron chi connectivity index (χ1n) is 13.0. The summed E-state index contributed by atoms with van der Waals surface area (Å²) >= 11 is 0. The average Bonchev–Trinajstić information content (AvgIpc) is 2.92. The van der Waals surface area contributed by atoms with E-state index >= 15 is 0 Å². The van der Waals surface area contributed by atoms with Crippen LogP contribution in [0.4, 0.5) is 10.1 Å². The molecule has 6 nitrogen and oxygen atoms in total. The molecule has 1 amide bonds. The van der Waals surface area contributed by atoms with Crippen LogP contribution in [0.15, 0.2) is 96.2 Å². The Hall–Kier alpha value is -4.23. The summed E-state index contributed by atoms with van der Waals surface area (Å²) in [4.78, 5) is 27.3. The molecule has 0 aliphatic carbocycles. The molecule has 4 rings (SSSR count). The Morgan fingerprint density at radius 1 is 0.923 bits per heavy atom. The van der Waals surface area contributed by atoms with Gasteiger partial charge in [-0.3, -0.25) is 9.59 Å².